The van der Waals surface area contributed by atoms with Gasteiger partial charge in [-0.3, -0.25) is 9.79 Å². The average molecular weight is 410 g/mol. The molecular weight excluding hydrogens is 378 g/mol. The Morgan fingerprint density at radius 1 is 1.29 bits per heavy atom. The number of hydrogen-bond acceptors (Lipinski definition) is 5. The zero-order valence-electron chi connectivity index (χ0n) is 16.7. The molecule has 0 aromatic carbocycles. The molecule has 28 heavy (non-hydrogen) atoms. The molecule has 1 aromatic heterocycles. The fourth-order valence-corrected chi connectivity index (χ4v) is 3.54. The largest absolute Gasteiger partial charge is 0.450 e. The second kappa shape index (κ2) is 12.2. The molecule has 1 fully saturated rings. The minimum Gasteiger partial charge on any atom is -0.450 e. The predicted octanol–water partition coefficient (Wildman–Crippen LogP) is 2.04. The fraction of sp³-hybridized carbons (Fsp3) is 0.632. The standard InChI is InChI=1S/C19H31N5O3S/c1-3-20-18(22-11-6-10-21-17(25)16-7-5-14-28-16)23-15-8-12-24(13-9-15)19(26)27-4-2/h5,7,14-15H,3-4,6,8-13H2,1-2H3,(H,21,25)(H2,20,22,23). The van der Waals surface area contributed by atoms with Gasteiger partial charge in [-0.15, -0.1) is 11.3 Å². The van der Waals surface area contributed by atoms with Crippen molar-refractivity contribution in [1.29, 1.82) is 0 Å². The van der Waals surface area contributed by atoms with E-state index in [0.717, 1.165) is 36.6 Å². The van der Waals surface area contributed by atoms with Gasteiger partial charge in [-0.25, -0.2) is 4.79 Å². The van der Waals surface area contributed by atoms with Crippen LogP contribution in [0.3, 0.4) is 0 Å². The molecule has 0 bridgehead atoms. The van der Waals surface area contributed by atoms with E-state index in [-0.39, 0.29) is 18.0 Å². The first-order valence-electron chi connectivity index (χ1n) is 9.92. The van der Waals surface area contributed by atoms with E-state index in [1.54, 1.807) is 4.90 Å². The normalized spacial score (nSPS) is 15.2. The first-order valence-corrected chi connectivity index (χ1v) is 10.8. The number of guanidine groups is 1. The Kier molecular flexibility index (Phi) is 9.61. The lowest BCUT2D eigenvalue weighted by molar-refractivity contribution is 0.0952. The molecule has 2 rings (SSSR count). The molecule has 1 aliphatic rings. The van der Waals surface area contributed by atoms with Crippen LogP contribution in [0.15, 0.2) is 22.5 Å². The number of carbonyl (C=O) groups excluding carboxylic acids is 2. The van der Waals surface area contributed by atoms with Crippen molar-refractivity contribution in [2.45, 2.75) is 39.2 Å². The van der Waals surface area contributed by atoms with E-state index in [0.29, 0.717) is 32.8 Å². The number of nitrogens with one attached hydrogen (secondary N) is 3. The zero-order valence-corrected chi connectivity index (χ0v) is 17.5. The molecule has 1 saturated heterocycles. The monoisotopic (exact) mass is 409 g/mol. The Hall–Kier alpha value is -2.29. The third kappa shape index (κ3) is 7.38. The highest BCUT2D eigenvalue weighted by molar-refractivity contribution is 7.12. The highest BCUT2D eigenvalue weighted by atomic mass is 32.1. The van der Waals surface area contributed by atoms with Crippen LogP contribution in [0.4, 0.5) is 4.79 Å². The molecule has 0 unspecified atom stereocenters. The highest BCUT2D eigenvalue weighted by Gasteiger charge is 2.23. The molecular formula is C19H31N5O3S. The summed E-state index contributed by atoms with van der Waals surface area (Å²) in [6.45, 7) is 7.63. The number of rotatable bonds is 8. The summed E-state index contributed by atoms with van der Waals surface area (Å²) in [7, 11) is 0. The zero-order chi connectivity index (χ0) is 20.2. The molecule has 9 heteroatoms. The lowest BCUT2D eigenvalue weighted by Crippen LogP contribution is -2.50. The highest BCUT2D eigenvalue weighted by Crippen LogP contribution is 2.11. The van der Waals surface area contributed by atoms with Gasteiger partial charge < -0.3 is 25.6 Å². The van der Waals surface area contributed by atoms with Crippen LogP contribution in [0.1, 0.15) is 42.8 Å². The second-order valence-corrected chi connectivity index (χ2v) is 7.40. The lowest BCUT2D eigenvalue weighted by atomic mass is 10.1. The third-order valence-electron chi connectivity index (χ3n) is 4.34. The van der Waals surface area contributed by atoms with E-state index in [2.05, 4.69) is 20.9 Å². The summed E-state index contributed by atoms with van der Waals surface area (Å²) in [5.74, 6) is 0.749. The Bertz CT molecular complexity index is 628. The summed E-state index contributed by atoms with van der Waals surface area (Å²) in [6.07, 6.45) is 2.26. The first-order chi connectivity index (χ1) is 13.6. The number of thiophene rings is 1. The van der Waals surface area contributed by atoms with Gasteiger partial charge in [0.15, 0.2) is 5.96 Å². The Morgan fingerprint density at radius 3 is 2.71 bits per heavy atom. The Labute approximate surface area is 170 Å². The minimum absolute atomic E-state index is 0.0302. The van der Waals surface area contributed by atoms with E-state index in [4.69, 9.17) is 4.74 Å². The first kappa shape index (κ1) is 22.0. The maximum absolute atomic E-state index is 11.9. The number of aliphatic imine (C=N–C) groups is 1. The molecule has 0 aliphatic carbocycles. The van der Waals surface area contributed by atoms with Crippen molar-refractivity contribution in [2.24, 2.45) is 4.99 Å². The van der Waals surface area contributed by atoms with Gasteiger partial charge in [-0.2, -0.15) is 0 Å². The van der Waals surface area contributed by atoms with Gasteiger partial charge in [0, 0.05) is 38.8 Å². The molecule has 2 heterocycles. The van der Waals surface area contributed by atoms with Gasteiger partial charge in [-0.05, 0) is 44.6 Å². The number of nitrogens with zero attached hydrogens (tertiary/aromatic N) is 2. The van der Waals surface area contributed by atoms with E-state index >= 15 is 0 Å². The van der Waals surface area contributed by atoms with Gasteiger partial charge in [0.05, 0.1) is 11.5 Å². The van der Waals surface area contributed by atoms with Gasteiger partial charge in [-0.1, -0.05) is 6.07 Å². The number of piperidine rings is 1. The van der Waals surface area contributed by atoms with Crippen molar-refractivity contribution in [3.8, 4) is 0 Å². The molecule has 0 atom stereocenters. The molecule has 2 amide bonds. The van der Waals surface area contributed by atoms with Crippen molar-refractivity contribution in [3.05, 3.63) is 22.4 Å². The van der Waals surface area contributed by atoms with Gasteiger partial charge in [0.25, 0.3) is 5.91 Å². The summed E-state index contributed by atoms with van der Waals surface area (Å²) in [4.78, 5) is 30.7. The van der Waals surface area contributed by atoms with Crippen molar-refractivity contribution in [3.63, 3.8) is 0 Å². The summed E-state index contributed by atoms with van der Waals surface area (Å²) in [5.41, 5.74) is 0. The van der Waals surface area contributed by atoms with Crippen LogP contribution in [0.2, 0.25) is 0 Å². The van der Waals surface area contributed by atoms with Crippen LogP contribution < -0.4 is 16.0 Å². The Morgan fingerprint density at radius 2 is 2.07 bits per heavy atom. The third-order valence-corrected chi connectivity index (χ3v) is 5.21. The van der Waals surface area contributed by atoms with Crippen LogP contribution in [-0.4, -0.2) is 68.2 Å². The topological polar surface area (TPSA) is 95.1 Å². The molecule has 0 radical (unpaired) electrons. The molecule has 0 spiro atoms. The Balaban J connectivity index is 1.69. The van der Waals surface area contributed by atoms with Crippen LogP contribution in [0.25, 0.3) is 0 Å². The molecule has 3 N–H and O–H groups in total. The summed E-state index contributed by atoms with van der Waals surface area (Å²) in [6, 6.07) is 3.97. The van der Waals surface area contributed by atoms with Crippen molar-refractivity contribution in [1.82, 2.24) is 20.9 Å². The summed E-state index contributed by atoms with van der Waals surface area (Å²) in [5, 5.41) is 11.5. The number of likely N-dealkylation sites (tertiary alicyclic amines) is 1. The number of amides is 2. The second-order valence-electron chi connectivity index (χ2n) is 6.45. The van der Waals surface area contributed by atoms with Crippen molar-refractivity contribution >= 4 is 29.3 Å². The smallest absolute Gasteiger partial charge is 0.409 e. The maximum atomic E-state index is 11.9. The van der Waals surface area contributed by atoms with Gasteiger partial charge >= 0.3 is 6.09 Å². The van der Waals surface area contributed by atoms with Crippen LogP contribution in [0, 0.1) is 0 Å². The number of ether oxygens (including phenoxy) is 1. The SMILES string of the molecule is CCNC(=NCCCNC(=O)c1cccs1)NC1CCN(C(=O)OCC)CC1. The van der Waals surface area contributed by atoms with E-state index in [9.17, 15) is 9.59 Å². The minimum atomic E-state index is -0.230. The van der Waals surface area contributed by atoms with Crippen molar-refractivity contribution in [2.75, 3.05) is 39.3 Å². The summed E-state index contributed by atoms with van der Waals surface area (Å²) >= 11 is 1.44. The molecule has 0 saturated carbocycles. The molecule has 156 valence electrons. The quantitative estimate of drug-likeness (QED) is 0.347. The van der Waals surface area contributed by atoms with Gasteiger partial charge in [0.1, 0.15) is 0 Å². The predicted molar refractivity (Wildman–Crippen MR) is 112 cm³/mol. The van der Waals surface area contributed by atoms with Crippen LogP contribution in [-0.2, 0) is 4.74 Å². The maximum Gasteiger partial charge on any atom is 0.409 e. The van der Waals surface area contributed by atoms with Crippen LogP contribution >= 0.6 is 11.3 Å². The lowest BCUT2D eigenvalue weighted by Gasteiger charge is -2.32. The molecule has 1 aliphatic heterocycles. The summed E-state index contributed by atoms with van der Waals surface area (Å²) < 4.78 is 5.05. The van der Waals surface area contributed by atoms with E-state index in [1.165, 1.54) is 11.3 Å². The fourth-order valence-electron chi connectivity index (χ4n) is 2.90. The molecule has 8 nitrogen and oxygen atoms in total. The number of hydrogen-bond donors (Lipinski definition) is 3. The van der Waals surface area contributed by atoms with Crippen molar-refractivity contribution < 1.29 is 14.3 Å². The van der Waals surface area contributed by atoms with E-state index in [1.807, 2.05) is 31.4 Å². The van der Waals surface area contributed by atoms with Crippen LogP contribution in [0.5, 0.6) is 0 Å². The average Bonchev–Trinajstić information content (AvgIpc) is 3.23. The number of carbonyl (C=O) groups is 2. The van der Waals surface area contributed by atoms with Gasteiger partial charge in [0.2, 0.25) is 0 Å². The molecule has 1 aromatic rings. The van der Waals surface area contributed by atoms with E-state index < -0.39 is 0 Å².